The van der Waals surface area contributed by atoms with Gasteiger partial charge in [0, 0.05) is 24.3 Å². The van der Waals surface area contributed by atoms with E-state index >= 15 is 0 Å². The van der Waals surface area contributed by atoms with E-state index in [9.17, 15) is 14.0 Å². The first-order valence-corrected chi connectivity index (χ1v) is 8.77. The lowest BCUT2D eigenvalue weighted by atomic mass is 9.85. The Morgan fingerprint density at radius 3 is 2.91 bits per heavy atom. The van der Waals surface area contributed by atoms with Crippen LogP contribution in [0, 0.1) is 5.92 Å². The number of nitrogens with zero attached hydrogens (tertiary/aromatic N) is 2. The summed E-state index contributed by atoms with van der Waals surface area (Å²) >= 11 is 1.47. The number of aryl methyl sites for hydroxylation is 1. The first-order valence-electron chi connectivity index (χ1n) is 7.96. The van der Waals surface area contributed by atoms with Crippen LogP contribution in [0.25, 0.3) is 0 Å². The van der Waals surface area contributed by atoms with Gasteiger partial charge in [-0.1, -0.05) is 0 Å². The number of quaternary nitrogens is 1. The quantitative estimate of drug-likeness (QED) is 0.833. The first kappa shape index (κ1) is 16.3. The van der Waals surface area contributed by atoms with E-state index in [4.69, 9.17) is 0 Å². The maximum atomic E-state index is 13.3. The fraction of sp³-hybridized carbons (Fsp3) is 0.667. The fourth-order valence-electron chi connectivity index (χ4n) is 3.30. The van der Waals surface area contributed by atoms with Gasteiger partial charge in [-0.2, -0.15) is 0 Å². The number of alkyl halides is 1. The van der Waals surface area contributed by atoms with E-state index in [-0.39, 0.29) is 30.3 Å². The summed E-state index contributed by atoms with van der Waals surface area (Å²) in [4.78, 5) is 30.8. The van der Waals surface area contributed by atoms with Crippen LogP contribution < -0.4 is 11.1 Å². The highest BCUT2D eigenvalue weighted by atomic mass is 32.1. The number of anilines is 1. The fourth-order valence-corrected chi connectivity index (χ4v) is 4.45. The summed E-state index contributed by atoms with van der Waals surface area (Å²) in [6.07, 6.45) is 1.93. The summed E-state index contributed by atoms with van der Waals surface area (Å²) in [6, 6.07) is -0.347. The summed E-state index contributed by atoms with van der Waals surface area (Å²) in [5, 5.41) is 3.33. The minimum atomic E-state index is -0.897. The van der Waals surface area contributed by atoms with Crippen LogP contribution in [0.5, 0.6) is 0 Å². The Morgan fingerprint density at radius 1 is 1.48 bits per heavy atom. The van der Waals surface area contributed by atoms with Gasteiger partial charge in [-0.3, -0.25) is 9.59 Å². The number of nitrogens with one attached hydrogen (secondary N) is 1. The lowest BCUT2D eigenvalue weighted by Crippen LogP contribution is -2.71. The van der Waals surface area contributed by atoms with Crippen molar-refractivity contribution in [2.24, 2.45) is 5.92 Å². The van der Waals surface area contributed by atoms with Crippen molar-refractivity contribution in [1.29, 1.82) is 0 Å². The van der Waals surface area contributed by atoms with Gasteiger partial charge in [0.25, 0.3) is 5.91 Å². The van der Waals surface area contributed by atoms with Crippen LogP contribution in [0.1, 0.15) is 30.3 Å². The van der Waals surface area contributed by atoms with Crippen LogP contribution in [0.4, 0.5) is 9.52 Å². The molecule has 0 saturated carbocycles. The number of fused-ring (bicyclic) bond motifs is 1. The molecule has 1 fully saturated rings. The van der Waals surface area contributed by atoms with Crippen molar-refractivity contribution in [2.45, 2.75) is 44.8 Å². The van der Waals surface area contributed by atoms with Crippen molar-refractivity contribution in [2.75, 3.05) is 18.4 Å². The van der Waals surface area contributed by atoms with Crippen molar-refractivity contribution in [1.82, 2.24) is 9.88 Å². The molecule has 2 heterocycles. The molecule has 8 heteroatoms. The number of likely N-dealkylation sites (tertiary alicyclic amines) is 1. The van der Waals surface area contributed by atoms with Gasteiger partial charge in [-0.15, -0.1) is 11.3 Å². The molecule has 3 atom stereocenters. The molecule has 1 aromatic heterocycles. The standard InChI is InChI=1S/C15H21FN4O2S/c1-8(21)18-15-19-11-3-2-9(6-12(11)23-15)13(17)14(22)20-5-4-10(16)7-20/h9-10,13H,2-7,17H2,1H3,(H,18,19,21)/p+1/t9?,10-,13-/m0/s1. The molecule has 6 nitrogen and oxygen atoms in total. The third-order valence-electron chi connectivity index (χ3n) is 4.59. The lowest BCUT2D eigenvalue weighted by Gasteiger charge is -2.26. The molecule has 1 aliphatic carbocycles. The summed E-state index contributed by atoms with van der Waals surface area (Å²) < 4.78 is 13.3. The highest BCUT2D eigenvalue weighted by Crippen LogP contribution is 2.33. The van der Waals surface area contributed by atoms with E-state index in [1.807, 2.05) is 0 Å². The van der Waals surface area contributed by atoms with Crippen LogP contribution >= 0.6 is 11.3 Å². The molecular weight excluding hydrogens is 319 g/mol. The van der Waals surface area contributed by atoms with E-state index < -0.39 is 6.17 Å². The van der Waals surface area contributed by atoms with Gasteiger partial charge in [-0.25, -0.2) is 9.37 Å². The molecule has 0 bridgehead atoms. The number of thiazole rings is 1. The zero-order valence-corrected chi connectivity index (χ0v) is 14.0. The Kier molecular flexibility index (Phi) is 4.63. The van der Waals surface area contributed by atoms with Gasteiger partial charge < -0.3 is 16.0 Å². The second-order valence-electron chi connectivity index (χ2n) is 6.35. The number of hydrogen-bond donors (Lipinski definition) is 2. The van der Waals surface area contributed by atoms with E-state index in [0.717, 1.165) is 29.8 Å². The molecule has 0 spiro atoms. The lowest BCUT2D eigenvalue weighted by molar-refractivity contribution is -0.418. The SMILES string of the molecule is CC(=O)Nc1nc2c(s1)CC([C@H]([NH3+])C(=O)N1CC[C@H](F)C1)CC2. The number of rotatable bonds is 3. The van der Waals surface area contributed by atoms with E-state index in [0.29, 0.717) is 18.1 Å². The van der Waals surface area contributed by atoms with Gasteiger partial charge in [0.05, 0.1) is 12.2 Å². The van der Waals surface area contributed by atoms with Crippen LogP contribution in [0.3, 0.4) is 0 Å². The van der Waals surface area contributed by atoms with Crippen molar-refractivity contribution in [3.8, 4) is 0 Å². The first-order chi connectivity index (χ1) is 10.9. The van der Waals surface area contributed by atoms with E-state index in [2.05, 4.69) is 16.0 Å². The number of carbonyl (C=O) groups excluding carboxylic acids is 2. The molecule has 23 heavy (non-hydrogen) atoms. The molecule has 1 saturated heterocycles. The largest absolute Gasteiger partial charge is 0.347 e. The summed E-state index contributed by atoms with van der Waals surface area (Å²) in [5.74, 6) is -0.0165. The molecule has 126 valence electrons. The minimum absolute atomic E-state index is 0.0369. The normalized spacial score (nSPS) is 25.1. The van der Waals surface area contributed by atoms with Crippen LogP contribution in [-0.4, -0.2) is 47.0 Å². The number of halogens is 1. The van der Waals surface area contributed by atoms with Crippen LogP contribution in [0.2, 0.25) is 0 Å². The van der Waals surface area contributed by atoms with Gasteiger partial charge >= 0.3 is 0 Å². The van der Waals surface area contributed by atoms with Crippen molar-refractivity contribution < 1.29 is 19.7 Å². The molecule has 1 aliphatic heterocycles. The Balaban J connectivity index is 1.65. The monoisotopic (exact) mass is 341 g/mol. The average molecular weight is 341 g/mol. The highest BCUT2D eigenvalue weighted by Gasteiger charge is 2.37. The smallest absolute Gasteiger partial charge is 0.281 e. The maximum absolute atomic E-state index is 13.3. The van der Waals surface area contributed by atoms with E-state index in [1.54, 1.807) is 4.90 Å². The number of carbonyl (C=O) groups is 2. The van der Waals surface area contributed by atoms with Crippen LogP contribution in [-0.2, 0) is 22.4 Å². The van der Waals surface area contributed by atoms with Crippen molar-refractivity contribution in [3.05, 3.63) is 10.6 Å². The van der Waals surface area contributed by atoms with Crippen molar-refractivity contribution in [3.63, 3.8) is 0 Å². The minimum Gasteiger partial charge on any atom is -0.347 e. The molecule has 0 aromatic carbocycles. The summed E-state index contributed by atoms with van der Waals surface area (Å²) in [5.41, 5.74) is 5.07. The number of amides is 2. The molecule has 1 aromatic rings. The predicted octanol–water partition coefficient (Wildman–Crippen LogP) is 0.387. The van der Waals surface area contributed by atoms with Gasteiger partial charge in [-0.05, 0) is 25.7 Å². The molecule has 4 N–H and O–H groups in total. The second-order valence-corrected chi connectivity index (χ2v) is 7.43. The third-order valence-corrected chi connectivity index (χ3v) is 5.62. The second kappa shape index (κ2) is 6.52. The molecule has 0 radical (unpaired) electrons. The third kappa shape index (κ3) is 3.53. The number of aromatic nitrogens is 1. The summed E-state index contributed by atoms with van der Waals surface area (Å²) in [7, 11) is 0. The zero-order chi connectivity index (χ0) is 16.6. The molecule has 2 amide bonds. The predicted molar refractivity (Wildman–Crippen MR) is 84.7 cm³/mol. The number of hydrogen-bond acceptors (Lipinski definition) is 4. The maximum Gasteiger partial charge on any atom is 0.281 e. The van der Waals surface area contributed by atoms with Crippen molar-refractivity contribution >= 4 is 28.3 Å². The molecule has 1 unspecified atom stereocenters. The zero-order valence-electron chi connectivity index (χ0n) is 13.2. The average Bonchev–Trinajstić information content (AvgIpc) is 3.09. The highest BCUT2D eigenvalue weighted by molar-refractivity contribution is 7.15. The Bertz CT molecular complexity index is 621. The molecule has 2 aliphatic rings. The molecular formula is C15H22FN4O2S+. The van der Waals surface area contributed by atoms with Gasteiger partial charge in [0.2, 0.25) is 5.91 Å². The molecule has 3 rings (SSSR count). The topological polar surface area (TPSA) is 89.9 Å². The Hall–Kier alpha value is -1.54. The van der Waals surface area contributed by atoms with E-state index in [1.165, 1.54) is 18.3 Å². The van der Waals surface area contributed by atoms with Crippen LogP contribution in [0.15, 0.2) is 0 Å². The van der Waals surface area contributed by atoms with Gasteiger partial charge in [0.1, 0.15) is 6.17 Å². The Morgan fingerprint density at radius 2 is 2.26 bits per heavy atom. The summed E-state index contributed by atoms with van der Waals surface area (Å²) in [6.45, 7) is 2.16. The Labute approximate surface area is 138 Å². The van der Waals surface area contributed by atoms with Gasteiger partial charge in [0.15, 0.2) is 11.2 Å².